The molecular weight excluding hydrogens is 248 g/mol. The molecule has 0 spiro atoms. The third-order valence-corrected chi connectivity index (χ3v) is 3.33. The van der Waals surface area contributed by atoms with Gasteiger partial charge in [0.1, 0.15) is 0 Å². The molecule has 1 fully saturated rings. The molecule has 0 radical (unpaired) electrons. The number of hydrogen-bond donors (Lipinski definition) is 2. The van der Waals surface area contributed by atoms with E-state index < -0.39 is 11.8 Å². The van der Waals surface area contributed by atoms with Gasteiger partial charge in [-0.05, 0) is 6.92 Å². The van der Waals surface area contributed by atoms with Crippen LogP contribution in [0.25, 0.3) is 0 Å². The van der Waals surface area contributed by atoms with Crippen molar-refractivity contribution in [1.82, 2.24) is 14.7 Å². The zero-order valence-corrected chi connectivity index (χ0v) is 11.5. The number of likely N-dealkylation sites (N-methyl/N-ethyl adjacent to an activating group) is 1. The molecule has 0 bridgehead atoms. The minimum atomic E-state index is -0.524. The fraction of sp³-hybridized carbons (Fsp3) is 0.833. The molecule has 0 atom stereocenters. The summed E-state index contributed by atoms with van der Waals surface area (Å²) in [4.78, 5) is 29.1. The van der Waals surface area contributed by atoms with Gasteiger partial charge < -0.3 is 20.6 Å². The van der Waals surface area contributed by atoms with Crippen LogP contribution in [-0.2, 0) is 9.59 Å². The molecule has 0 saturated carbocycles. The van der Waals surface area contributed by atoms with Gasteiger partial charge in [-0.25, -0.2) is 0 Å². The minimum Gasteiger partial charge on any atom is -0.395 e. The molecule has 3 N–H and O–H groups in total. The fourth-order valence-electron chi connectivity index (χ4n) is 2.15. The second-order valence-electron chi connectivity index (χ2n) is 4.53. The van der Waals surface area contributed by atoms with E-state index in [0.29, 0.717) is 26.2 Å². The zero-order chi connectivity index (χ0) is 14.3. The van der Waals surface area contributed by atoms with Crippen LogP contribution in [0.4, 0.5) is 0 Å². The Morgan fingerprint density at radius 1 is 1.26 bits per heavy atom. The number of nitrogens with zero attached hydrogens (tertiary/aromatic N) is 3. The van der Waals surface area contributed by atoms with Crippen molar-refractivity contribution in [1.29, 1.82) is 0 Å². The van der Waals surface area contributed by atoms with E-state index in [4.69, 9.17) is 10.8 Å². The molecule has 1 heterocycles. The van der Waals surface area contributed by atoms with Crippen LogP contribution in [0.15, 0.2) is 0 Å². The second-order valence-corrected chi connectivity index (χ2v) is 4.53. The highest BCUT2D eigenvalue weighted by molar-refractivity contribution is 6.34. The maximum absolute atomic E-state index is 12.0. The van der Waals surface area contributed by atoms with E-state index in [2.05, 4.69) is 4.90 Å². The van der Waals surface area contributed by atoms with E-state index in [9.17, 15) is 9.59 Å². The van der Waals surface area contributed by atoms with Crippen molar-refractivity contribution in [3.8, 4) is 0 Å². The van der Waals surface area contributed by atoms with Gasteiger partial charge in [0.15, 0.2) is 0 Å². The molecule has 0 aromatic rings. The fourth-order valence-corrected chi connectivity index (χ4v) is 2.15. The Hall–Kier alpha value is -1.18. The number of piperazine rings is 1. The molecular formula is C12H24N4O3. The molecule has 1 aliphatic rings. The van der Waals surface area contributed by atoms with Gasteiger partial charge in [0.25, 0.3) is 0 Å². The lowest BCUT2D eigenvalue weighted by atomic mass is 10.3. The Morgan fingerprint density at radius 2 is 1.89 bits per heavy atom. The van der Waals surface area contributed by atoms with Crippen LogP contribution in [0.3, 0.4) is 0 Å². The average Bonchev–Trinajstić information content (AvgIpc) is 2.44. The average molecular weight is 272 g/mol. The molecule has 19 heavy (non-hydrogen) atoms. The Kier molecular flexibility index (Phi) is 6.75. The van der Waals surface area contributed by atoms with Gasteiger partial charge in [0, 0.05) is 52.4 Å². The highest BCUT2D eigenvalue weighted by Crippen LogP contribution is 2.03. The first kappa shape index (κ1) is 15.9. The van der Waals surface area contributed by atoms with Crippen LogP contribution in [-0.4, -0.2) is 90.6 Å². The van der Waals surface area contributed by atoms with Crippen LogP contribution in [0, 0.1) is 0 Å². The van der Waals surface area contributed by atoms with Gasteiger partial charge in [0.05, 0.1) is 6.61 Å². The van der Waals surface area contributed by atoms with Gasteiger partial charge in [-0.15, -0.1) is 0 Å². The Morgan fingerprint density at radius 3 is 2.37 bits per heavy atom. The molecule has 0 unspecified atom stereocenters. The lowest BCUT2D eigenvalue weighted by Crippen LogP contribution is -2.54. The number of amides is 2. The number of aliphatic hydroxyl groups is 1. The van der Waals surface area contributed by atoms with Gasteiger partial charge in [-0.3, -0.25) is 14.5 Å². The van der Waals surface area contributed by atoms with Crippen molar-refractivity contribution in [3.63, 3.8) is 0 Å². The predicted octanol–water partition coefficient (Wildman–Crippen LogP) is -2.07. The van der Waals surface area contributed by atoms with Gasteiger partial charge in [0.2, 0.25) is 0 Å². The van der Waals surface area contributed by atoms with E-state index in [1.54, 1.807) is 11.8 Å². The van der Waals surface area contributed by atoms with Crippen molar-refractivity contribution >= 4 is 11.8 Å². The zero-order valence-electron chi connectivity index (χ0n) is 11.5. The number of rotatable bonds is 5. The molecule has 7 nitrogen and oxygen atoms in total. The highest BCUT2D eigenvalue weighted by Gasteiger charge is 2.28. The topological polar surface area (TPSA) is 90.1 Å². The van der Waals surface area contributed by atoms with Crippen LogP contribution in [0.2, 0.25) is 0 Å². The monoisotopic (exact) mass is 272 g/mol. The van der Waals surface area contributed by atoms with Crippen LogP contribution in [0.5, 0.6) is 0 Å². The first-order valence-electron chi connectivity index (χ1n) is 6.75. The molecule has 110 valence electrons. The molecule has 0 aliphatic carbocycles. The van der Waals surface area contributed by atoms with Crippen molar-refractivity contribution < 1.29 is 14.7 Å². The highest BCUT2D eigenvalue weighted by atomic mass is 16.3. The summed E-state index contributed by atoms with van der Waals surface area (Å²) in [5.74, 6) is -0.994. The van der Waals surface area contributed by atoms with E-state index in [0.717, 1.165) is 19.6 Å². The van der Waals surface area contributed by atoms with Gasteiger partial charge >= 0.3 is 11.8 Å². The maximum Gasteiger partial charge on any atom is 0.312 e. The lowest BCUT2D eigenvalue weighted by molar-refractivity contribution is -0.153. The molecule has 1 saturated heterocycles. The molecule has 0 aromatic heterocycles. The van der Waals surface area contributed by atoms with E-state index in [1.165, 1.54) is 4.90 Å². The standard InChI is InChI=1S/C12H24N4O3/c1-2-15(9-10-17)11(18)12(19)16-7-5-14(4-3-13)6-8-16/h17H,2-10,13H2,1H3. The number of nitrogens with two attached hydrogens (primary N) is 1. The summed E-state index contributed by atoms with van der Waals surface area (Å²) < 4.78 is 0. The second kappa shape index (κ2) is 8.08. The number of hydrogen-bond acceptors (Lipinski definition) is 5. The van der Waals surface area contributed by atoms with Crippen LogP contribution >= 0.6 is 0 Å². The third kappa shape index (κ3) is 4.45. The summed E-state index contributed by atoms with van der Waals surface area (Å²) in [6.45, 7) is 6.34. The summed E-state index contributed by atoms with van der Waals surface area (Å²) in [6, 6.07) is 0. The normalized spacial score (nSPS) is 16.5. The van der Waals surface area contributed by atoms with E-state index >= 15 is 0 Å². The quantitative estimate of drug-likeness (QED) is 0.561. The summed E-state index contributed by atoms with van der Waals surface area (Å²) >= 11 is 0. The van der Waals surface area contributed by atoms with E-state index in [-0.39, 0.29) is 13.2 Å². The lowest BCUT2D eigenvalue weighted by Gasteiger charge is -2.34. The predicted molar refractivity (Wildman–Crippen MR) is 71.4 cm³/mol. The van der Waals surface area contributed by atoms with Crippen molar-refractivity contribution in [2.45, 2.75) is 6.92 Å². The maximum atomic E-state index is 12.0. The number of aliphatic hydroxyl groups excluding tert-OH is 1. The first-order chi connectivity index (χ1) is 9.13. The molecule has 1 aliphatic heterocycles. The largest absolute Gasteiger partial charge is 0.395 e. The first-order valence-corrected chi connectivity index (χ1v) is 6.75. The van der Waals surface area contributed by atoms with Crippen molar-refractivity contribution in [2.75, 3.05) is 59.0 Å². The Balaban J connectivity index is 2.47. The summed E-state index contributed by atoms with van der Waals surface area (Å²) in [7, 11) is 0. The van der Waals surface area contributed by atoms with Gasteiger partial charge in [-0.1, -0.05) is 0 Å². The van der Waals surface area contributed by atoms with Crippen LogP contribution < -0.4 is 5.73 Å². The summed E-state index contributed by atoms with van der Waals surface area (Å²) in [6.07, 6.45) is 0. The number of carbonyl (C=O) groups excluding carboxylic acids is 2. The molecule has 0 aromatic carbocycles. The third-order valence-electron chi connectivity index (χ3n) is 3.33. The summed E-state index contributed by atoms with van der Waals surface area (Å²) in [5.41, 5.74) is 5.49. The van der Waals surface area contributed by atoms with Gasteiger partial charge in [-0.2, -0.15) is 0 Å². The van der Waals surface area contributed by atoms with Crippen LogP contribution in [0.1, 0.15) is 6.92 Å². The minimum absolute atomic E-state index is 0.128. The molecule has 2 amide bonds. The summed E-state index contributed by atoms with van der Waals surface area (Å²) in [5, 5.41) is 8.87. The SMILES string of the molecule is CCN(CCO)C(=O)C(=O)N1CCN(CCN)CC1. The number of carbonyl (C=O) groups is 2. The Labute approximate surface area is 113 Å². The Bertz CT molecular complexity index is 303. The smallest absolute Gasteiger partial charge is 0.312 e. The molecule has 1 rings (SSSR count). The van der Waals surface area contributed by atoms with Crippen molar-refractivity contribution in [2.24, 2.45) is 5.73 Å². The van der Waals surface area contributed by atoms with Crippen molar-refractivity contribution in [3.05, 3.63) is 0 Å². The van der Waals surface area contributed by atoms with E-state index in [1.807, 2.05) is 0 Å². The molecule has 7 heteroatoms.